The van der Waals surface area contributed by atoms with E-state index in [-0.39, 0.29) is 17.4 Å². The van der Waals surface area contributed by atoms with Crippen LogP contribution in [-0.4, -0.2) is 29.4 Å². The van der Waals surface area contributed by atoms with Gasteiger partial charge in [0.2, 0.25) is 5.91 Å². The summed E-state index contributed by atoms with van der Waals surface area (Å²) in [6.07, 6.45) is 3.92. The fraction of sp³-hybridized carbons (Fsp3) is 0.923. The van der Waals surface area contributed by atoms with Gasteiger partial charge < -0.3 is 10.6 Å². The third-order valence-corrected chi connectivity index (χ3v) is 5.50. The normalized spacial score (nSPS) is 49.6. The topological polar surface area (TPSA) is 46.3 Å². The fourth-order valence-corrected chi connectivity index (χ4v) is 4.77. The maximum absolute atomic E-state index is 11.9. The summed E-state index contributed by atoms with van der Waals surface area (Å²) >= 11 is 0. The zero-order valence-electron chi connectivity index (χ0n) is 10.5. The predicted octanol–water partition coefficient (Wildman–Crippen LogP) is 1.37. The van der Waals surface area contributed by atoms with E-state index in [9.17, 15) is 4.79 Å². The number of nitrogens with zero attached hydrogens (tertiary/aromatic N) is 1. The molecule has 3 rings (SSSR count). The van der Waals surface area contributed by atoms with Crippen LogP contribution < -0.4 is 5.73 Å². The van der Waals surface area contributed by atoms with Gasteiger partial charge in [0.25, 0.3) is 0 Å². The Morgan fingerprint density at radius 2 is 2.06 bits per heavy atom. The molecule has 90 valence electrons. The largest absolute Gasteiger partial charge is 0.335 e. The summed E-state index contributed by atoms with van der Waals surface area (Å²) < 4.78 is 0. The van der Waals surface area contributed by atoms with Crippen LogP contribution >= 0.6 is 0 Å². The molecule has 3 aliphatic rings. The number of β-lactam (4-membered cyclic amide) rings is 1. The van der Waals surface area contributed by atoms with Crippen molar-refractivity contribution >= 4 is 5.91 Å². The number of fused-ring (bicyclic) bond motifs is 2. The second-order valence-corrected chi connectivity index (χ2v) is 6.91. The maximum atomic E-state index is 11.9. The summed E-state index contributed by atoms with van der Waals surface area (Å²) in [6.45, 7) is 7.81. The molecule has 4 atom stereocenters. The maximum Gasteiger partial charge on any atom is 0.241 e. The van der Waals surface area contributed by atoms with Crippen LogP contribution in [0.2, 0.25) is 0 Å². The number of amides is 1. The lowest BCUT2D eigenvalue weighted by Gasteiger charge is -2.53. The lowest BCUT2D eigenvalue weighted by molar-refractivity contribution is -0.154. The highest BCUT2D eigenvalue weighted by atomic mass is 16.2. The van der Waals surface area contributed by atoms with Gasteiger partial charge in [-0.3, -0.25) is 4.79 Å². The summed E-state index contributed by atoms with van der Waals surface area (Å²) in [5.41, 5.74) is 6.35. The fourth-order valence-electron chi connectivity index (χ4n) is 4.77. The van der Waals surface area contributed by atoms with Crippen molar-refractivity contribution < 1.29 is 4.79 Å². The zero-order chi connectivity index (χ0) is 11.7. The van der Waals surface area contributed by atoms with Gasteiger partial charge in [-0.05, 0) is 36.0 Å². The van der Waals surface area contributed by atoms with E-state index in [1.807, 2.05) is 0 Å². The van der Waals surface area contributed by atoms with Gasteiger partial charge >= 0.3 is 0 Å². The minimum Gasteiger partial charge on any atom is -0.335 e. The molecule has 0 radical (unpaired) electrons. The number of carbonyl (C=O) groups excluding carboxylic acids is 1. The van der Waals surface area contributed by atoms with Gasteiger partial charge in [-0.2, -0.15) is 0 Å². The molecule has 1 amide bonds. The van der Waals surface area contributed by atoms with Crippen LogP contribution in [0.25, 0.3) is 0 Å². The Morgan fingerprint density at radius 3 is 2.50 bits per heavy atom. The molecule has 0 aromatic rings. The molecule has 2 N–H and O–H groups in total. The second kappa shape index (κ2) is 2.81. The van der Waals surface area contributed by atoms with Gasteiger partial charge in [0, 0.05) is 12.6 Å². The minimum atomic E-state index is -0.224. The van der Waals surface area contributed by atoms with Crippen molar-refractivity contribution in [1.29, 1.82) is 0 Å². The van der Waals surface area contributed by atoms with Crippen molar-refractivity contribution in [3.8, 4) is 0 Å². The van der Waals surface area contributed by atoms with Crippen molar-refractivity contribution in [3.63, 3.8) is 0 Å². The average Bonchev–Trinajstić information content (AvgIpc) is 2.67. The molecule has 3 heteroatoms. The van der Waals surface area contributed by atoms with Crippen molar-refractivity contribution in [2.24, 2.45) is 22.5 Å². The highest BCUT2D eigenvalue weighted by Gasteiger charge is 2.63. The monoisotopic (exact) mass is 222 g/mol. The number of nitrogens with two attached hydrogens (primary N) is 1. The summed E-state index contributed by atoms with van der Waals surface area (Å²) in [6, 6.07) is 0.199. The summed E-state index contributed by atoms with van der Waals surface area (Å²) in [4.78, 5) is 13.9. The quantitative estimate of drug-likeness (QED) is 0.681. The first-order valence-corrected chi connectivity index (χ1v) is 6.42. The molecule has 0 spiro atoms. The SMILES string of the molecule is CC12CCC(C1)C(C)(C)C2N1CC(N)C1=O. The van der Waals surface area contributed by atoms with E-state index < -0.39 is 0 Å². The zero-order valence-corrected chi connectivity index (χ0v) is 10.5. The molecule has 0 aromatic heterocycles. The number of carbonyl (C=O) groups is 1. The lowest BCUT2D eigenvalue weighted by atomic mass is 9.67. The van der Waals surface area contributed by atoms with Gasteiger partial charge in [0.15, 0.2) is 0 Å². The van der Waals surface area contributed by atoms with Gasteiger partial charge in [0.1, 0.15) is 6.04 Å². The van der Waals surface area contributed by atoms with Crippen molar-refractivity contribution in [3.05, 3.63) is 0 Å². The average molecular weight is 222 g/mol. The van der Waals surface area contributed by atoms with Crippen LogP contribution in [0.4, 0.5) is 0 Å². The first kappa shape index (κ1) is 10.6. The molecular weight excluding hydrogens is 200 g/mol. The number of likely N-dealkylation sites (tertiary alicyclic amines) is 1. The highest BCUT2D eigenvalue weighted by Crippen LogP contribution is 2.64. The number of hydrogen-bond donors (Lipinski definition) is 1. The Hall–Kier alpha value is -0.570. The van der Waals surface area contributed by atoms with E-state index in [4.69, 9.17) is 5.73 Å². The number of rotatable bonds is 1. The van der Waals surface area contributed by atoms with Crippen molar-refractivity contribution in [1.82, 2.24) is 4.90 Å². The van der Waals surface area contributed by atoms with Gasteiger partial charge in [-0.15, -0.1) is 0 Å². The van der Waals surface area contributed by atoms with Crippen molar-refractivity contribution in [2.75, 3.05) is 6.54 Å². The molecule has 1 aliphatic heterocycles. The second-order valence-electron chi connectivity index (χ2n) is 6.91. The molecular formula is C13H22N2O. The van der Waals surface area contributed by atoms with E-state index in [1.54, 1.807) is 0 Å². The minimum absolute atomic E-state index is 0.173. The van der Waals surface area contributed by atoms with Crippen LogP contribution in [-0.2, 0) is 4.79 Å². The summed E-state index contributed by atoms with van der Waals surface area (Å²) in [5.74, 6) is 0.971. The number of hydrogen-bond acceptors (Lipinski definition) is 2. The van der Waals surface area contributed by atoms with Crippen LogP contribution in [0.5, 0.6) is 0 Å². The van der Waals surface area contributed by atoms with Crippen LogP contribution in [0.3, 0.4) is 0 Å². The molecule has 4 unspecified atom stereocenters. The molecule has 2 bridgehead atoms. The van der Waals surface area contributed by atoms with Crippen molar-refractivity contribution in [2.45, 2.75) is 52.1 Å². The summed E-state index contributed by atoms with van der Waals surface area (Å²) in [7, 11) is 0. The Morgan fingerprint density at radius 1 is 1.38 bits per heavy atom. The molecule has 3 nitrogen and oxygen atoms in total. The third-order valence-electron chi connectivity index (χ3n) is 5.50. The third kappa shape index (κ3) is 1.05. The summed E-state index contributed by atoms with van der Waals surface area (Å²) in [5, 5.41) is 0. The van der Waals surface area contributed by atoms with E-state index >= 15 is 0 Å². The molecule has 2 saturated carbocycles. The van der Waals surface area contributed by atoms with Gasteiger partial charge in [-0.25, -0.2) is 0 Å². The molecule has 16 heavy (non-hydrogen) atoms. The first-order valence-electron chi connectivity index (χ1n) is 6.42. The Kier molecular flexibility index (Phi) is 1.86. The Bertz CT molecular complexity index is 347. The van der Waals surface area contributed by atoms with E-state index in [1.165, 1.54) is 19.3 Å². The van der Waals surface area contributed by atoms with Crippen LogP contribution in [0.1, 0.15) is 40.0 Å². The first-order chi connectivity index (χ1) is 7.36. The van der Waals surface area contributed by atoms with E-state index in [2.05, 4.69) is 25.7 Å². The van der Waals surface area contributed by atoms with Gasteiger partial charge in [0.05, 0.1) is 0 Å². The molecule has 3 fully saturated rings. The molecule has 1 saturated heterocycles. The Labute approximate surface area is 97.4 Å². The van der Waals surface area contributed by atoms with Gasteiger partial charge in [-0.1, -0.05) is 20.8 Å². The predicted molar refractivity (Wildman–Crippen MR) is 62.7 cm³/mol. The standard InChI is InChI=1S/C13H22N2O/c1-12(2)8-4-5-13(3,6-8)11(12)15-7-9(14)10(15)16/h8-9,11H,4-7,14H2,1-3H3. The molecule has 1 heterocycles. The Balaban J connectivity index is 1.92. The molecule has 2 aliphatic carbocycles. The smallest absolute Gasteiger partial charge is 0.241 e. The van der Waals surface area contributed by atoms with Crippen LogP contribution in [0.15, 0.2) is 0 Å². The lowest BCUT2D eigenvalue weighted by Crippen LogP contribution is -2.69. The van der Waals surface area contributed by atoms with Crippen LogP contribution in [0, 0.1) is 16.7 Å². The highest BCUT2D eigenvalue weighted by molar-refractivity contribution is 5.88. The van der Waals surface area contributed by atoms with E-state index in [0.717, 1.165) is 12.5 Å². The van der Waals surface area contributed by atoms with E-state index in [0.29, 0.717) is 11.5 Å². The molecule has 0 aromatic carbocycles.